The molecule has 1 aromatic heterocycles. The van der Waals surface area contributed by atoms with Gasteiger partial charge in [0.1, 0.15) is 11.5 Å². The van der Waals surface area contributed by atoms with Gasteiger partial charge in [-0.2, -0.15) is 0 Å². The van der Waals surface area contributed by atoms with Crippen LogP contribution in [0.5, 0.6) is 0 Å². The zero-order valence-corrected chi connectivity index (χ0v) is 15.0. The summed E-state index contributed by atoms with van der Waals surface area (Å²) in [5.74, 6) is 2.27. The number of rotatable bonds is 3. The van der Waals surface area contributed by atoms with Crippen molar-refractivity contribution in [1.29, 1.82) is 0 Å². The van der Waals surface area contributed by atoms with Crippen molar-refractivity contribution in [3.63, 3.8) is 0 Å². The molecule has 1 N–H and O–H groups in total. The monoisotopic (exact) mass is 337 g/mol. The number of aryl methyl sites for hydroxylation is 1. The molecule has 1 aromatic carbocycles. The first kappa shape index (κ1) is 16.6. The number of aliphatic hydroxyl groups excluding tert-OH is 1. The highest BCUT2D eigenvalue weighted by atomic mass is 16.4. The van der Waals surface area contributed by atoms with E-state index in [4.69, 9.17) is 9.40 Å². The van der Waals surface area contributed by atoms with Crippen molar-refractivity contribution in [2.24, 2.45) is 0 Å². The van der Waals surface area contributed by atoms with Gasteiger partial charge < -0.3 is 9.52 Å². The van der Waals surface area contributed by atoms with Crippen LogP contribution >= 0.6 is 0 Å². The topological polar surface area (TPSA) is 46.3 Å². The fourth-order valence-corrected chi connectivity index (χ4v) is 4.39. The number of oxazole rings is 1. The molecule has 2 aliphatic carbocycles. The minimum atomic E-state index is -0.408. The molecule has 3 heteroatoms. The van der Waals surface area contributed by atoms with E-state index in [1.54, 1.807) is 0 Å². The maximum atomic E-state index is 10.5. The second-order valence-electron chi connectivity index (χ2n) is 7.46. The number of aliphatic hydroxyl groups is 1. The highest BCUT2D eigenvalue weighted by Crippen LogP contribution is 2.42. The molecule has 0 radical (unpaired) electrons. The number of allylic oxidation sites excluding steroid dienone is 1. The van der Waals surface area contributed by atoms with Crippen molar-refractivity contribution in [2.45, 2.75) is 70.3 Å². The molecule has 3 nitrogen and oxygen atoms in total. The van der Waals surface area contributed by atoms with Gasteiger partial charge in [0.2, 0.25) is 0 Å². The summed E-state index contributed by atoms with van der Waals surface area (Å²) in [5.41, 5.74) is 4.26. The lowest BCUT2D eigenvalue weighted by Gasteiger charge is -2.10. The number of benzene rings is 1. The molecule has 0 spiro atoms. The number of hydrogen-bond donors (Lipinski definition) is 1. The van der Waals surface area contributed by atoms with Crippen LogP contribution in [0.4, 0.5) is 0 Å². The SMILES string of the molecule is Cc1oc(C2CCCCCC2)nc1C1=C(c2ccccc2)C(O)CC1. The maximum Gasteiger partial charge on any atom is 0.198 e. The summed E-state index contributed by atoms with van der Waals surface area (Å²) in [7, 11) is 0. The molecule has 0 saturated heterocycles. The Labute approximate surface area is 149 Å². The van der Waals surface area contributed by atoms with Crippen LogP contribution in [0.25, 0.3) is 11.1 Å². The lowest BCUT2D eigenvalue weighted by Crippen LogP contribution is -2.04. The van der Waals surface area contributed by atoms with E-state index in [-0.39, 0.29) is 0 Å². The predicted molar refractivity (Wildman–Crippen MR) is 100 cm³/mol. The van der Waals surface area contributed by atoms with Crippen LogP contribution in [0.2, 0.25) is 0 Å². The third-order valence-corrected chi connectivity index (χ3v) is 5.71. The molecule has 2 aliphatic rings. The van der Waals surface area contributed by atoms with E-state index < -0.39 is 6.10 Å². The van der Waals surface area contributed by atoms with E-state index in [0.717, 1.165) is 41.3 Å². The summed E-state index contributed by atoms with van der Waals surface area (Å²) < 4.78 is 6.11. The summed E-state index contributed by atoms with van der Waals surface area (Å²) in [4.78, 5) is 4.93. The Bertz CT molecular complexity index is 752. The van der Waals surface area contributed by atoms with E-state index in [9.17, 15) is 5.11 Å². The third-order valence-electron chi connectivity index (χ3n) is 5.71. The molecule has 1 atom stereocenters. The smallest absolute Gasteiger partial charge is 0.198 e. The summed E-state index contributed by atoms with van der Waals surface area (Å²) in [6, 6.07) is 10.2. The van der Waals surface area contributed by atoms with Crippen LogP contribution < -0.4 is 0 Å². The molecule has 1 fully saturated rings. The molecule has 1 unspecified atom stereocenters. The van der Waals surface area contributed by atoms with Gasteiger partial charge in [-0.3, -0.25) is 0 Å². The molecule has 25 heavy (non-hydrogen) atoms. The van der Waals surface area contributed by atoms with Crippen molar-refractivity contribution < 1.29 is 9.52 Å². The van der Waals surface area contributed by atoms with E-state index in [1.165, 1.54) is 44.1 Å². The molecular formula is C22H27NO2. The van der Waals surface area contributed by atoms with E-state index in [2.05, 4.69) is 12.1 Å². The second kappa shape index (κ2) is 7.17. The standard InChI is InChI=1S/C22H27NO2/c1-15-21(23-22(25-15)17-11-5-2-3-6-12-17)18-13-14-19(24)20(18)16-9-7-4-8-10-16/h4,7-10,17,19,24H,2-3,5-6,11-14H2,1H3. The first-order valence-electron chi connectivity index (χ1n) is 9.68. The molecule has 4 rings (SSSR count). The lowest BCUT2D eigenvalue weighted by molar-refractivity contribution is 0.231. The highest BCUT2D eigenvalue weighted by Gasteiger charge is 2.30. The van der Waals surface area contributed by atoms with Crippen molar-refractivity contribution in [2.75, 3.05) is 0 Å². The summed E-state index contributed by atoms with van der Waals surface area (Å²) in [5, 5.41) is 10.5. The van der Waals surface area contributed by atoms with Gasteiger partial charge in [0.25, 0.3) is 0 Å². The average Bonchev–Trinajstić information content (AvgIpc) is 3.07. The van der Waals surface area contributed by atoms with Crippen LogP contribution in [0.3, 0.4) is 0 Å². The molecule has 1 saturated carbocycles. The van der Waals surface area contributed by atoms with E-state index >= 15 is 0 Å². The lowest BCUT2D eigenvalue weighted by atomic mass is 9.98. The quantitative estimate of drug-likeness (QED) is 0.754. The summed E-state index contributed by atoms with van der Waals surface area (Å²) in [6.07, 6.45) is 8.81. The van der Waals surface area contributed by atoms with Gasteiger partial charge in [-0.05, 0) is 49.3 Å². The number of hydrogen-bond acceptors (Lipinski definition) is 3. The zero-order valence-electron chi connectivity index (χ0n) is 15.0. The van der Waals surface area contributed by atoms with Crippen LogP contribution in [-0.4, -0.2) is 16.2 Å². The van der Waals surface area contributed by atoms with E-state index in [0.29, 0.717) is 5.92 Å². The van der Waals surface area contributed by atoms with Crippen molar-refractivity contribution >= 4 is 11.1 Å². The summed E-state index contributed by atoms with van der Waals surface area (Å²) >= 11 is 0. The van der Waals surface area contributed by atoms with Crippen LogP contribution in [0, 0.1) is 6.92 Å². The van der Waals surface area contributed by atoms with Gasteiger partial charge in [-0.1, -0.05) is 56.0 Å². The van der Waals surface area contributed by atoms with Gasteiger partial charge >= 0.3 is 0 Å². The Kier molecular flexibility index (Phi) is 4.76. The maximum absolute atomic E-state index is 10.5. The fraction of sp³-hybridized carbons (Fsp3) is 0.500. The zero-order chi connectivity index (χ0) is 17.2. The molecule has 1 heterocycles. The molecule has 2 aromatic rings. The van der Waals surface area contributed by atoms with Gasteiger partial charge in [0.15, 0.2) is 5.89 Å². The van der Waals surface area contributed by atoms with Crippen LogP contribution in [0.1, 0.15) is 80.2 Å². The van der Waals surface area contributed by atoms with Crippen molar-refractivity contribution in [1.82, 2.24) is 4.98 Å². The van der Waals surface area contributed by atoms with Crippen LogP contribution in [0.15, 0.2) is 34.7 Å². The minimum Gasteiger partial charge on any atom is -0.445 e. The molecule has 0 bridgehead atoms. The van der Waals surface area contributed by atoms with E-state index in [1.807, 2.05) is 25.1 Å². The molecule has 0 amide bonds. The number of aromatic nitrogens is 1. The Morgan fingerprint density at radius 1 is 1.00 bits per heavy atom. The number of nitrogens with zero attached hydrogens (tertiary/aromatic N) is 1. The fourth-order valence-electron chi connectivity index (χ4n) is 4.39. The first-order chi connectivity index (χ1) is 12.2. The minimum absolute atomic E-state index is 0.408. The second-order valence-corrected chi connectivity index (χ2v) is 7.46. The third kappa shape index (κ3) is 3.30. The largest absolute Gasteiger partial charge is 0.445 e. The van der Waals surface area contributed by atoms with Crippen molar-refractivity contribution in [3.05, 3.63) is 53.2 Å². The average molecular weight is 337 g/mol. The normalized spacial score (nSPS) is 22.4. The Balaban J connectivity index is 1.72. The molecular weight excluding hydrogens is 310 g/mol. The van der Waals surface area contributed by atoms with Crippen LogP contribution in [-0.2, 0) is 0 Å². The molecule has 132 valence electrons. The van der Waals surface area contributed by atoms with Gasteiger partial charge in [-0.25, -0.2) is 4.98 Å². The summed E-state index contributed by atoms with van der Waals surface area (Å²) in [6.45, 7) is 2.02. The Hall–Kier alpha value is -1.87. The van der Waals surface area contributed by atoms with Gasteiger partial charge in [-0.15, -0.1) is 0 Å². The first-order valence-corrected chi connectivity index (χ1v) is 9.68. The Morgan fingerprint density at radius 3 is 2.44 bits per heavy atom. The predicted octanol–water partition coefficient (Wildman–Crippen LogP) is 5.49. The Morgan fingerprint density at radius 2 is 1.72 bits per heavy atom. The van der Waals surface area contributed by atoms with Crippen molar-refractivity contribution in [3.8, 4) is 0 Å². The van der Waals surface area contributed by atoms with Gasteiger partial charge in [0.05, 0.1) is 6.10 Å². The van der Waals surface area contributed by atoms with Gasteiger partial charge in [0, 0.05) is 5.92 Å². The highest BCUT2D eigenvalue weighted by molar-refractivity contribution is 5.94. The molecule has 0 aliphatic heterocycles.